The lowest BCUT2D eigenvalue weighted by Gasteiger charge is -2.53. The third-order valence-electron chi connectivity index (χ3n) is 6.66. The molecule has 1 saturated carbocycles. The highest BCUT2D eigenvalue weighted by Crippen LogP contribution is 2.56. The first-order valence-electron chi connectivity index (χ1n) is 10.2. The van der Waals surface area contributed by atoms with Crippen molar-refractivity contribution >= 4 is 5.97 Å². The fourth-order valence-corrected chi connectivity index (χ4v) is 4.76. The molecule has 1 aromatic rings. The Kier molecular flexibility index (Phi) is 5.02. The zero-order valence-electron chi connectivity index (χ0n) is 16.9. The van der Waals surface area contributed by atoms with Crippen LogP contribution in [-0.4, -0.2) is 28.8 Å². The molecule has 3 aliphatic heterocycles. The van der Waals surface area contributed by atoms with Gasteiger partial charge in [-0.25, -0.2) is 9.68 Å². The number of aromatic carboxylic acids is 1. The molecule has 1 aromatic carbocycles. The van der Waals surface area contributed by atoms with Crippen molar-refractivity contribution in [2.75, 3.05) is 0 Å². The van der Waals surface area contributed by atoms with Crippen LogP contribution in [0, 0.1) is 11.3 Å². The van der Waals surface area contributed by atoms with E-state index in [9.17, 15) is 4.79 Å². The van der Waals surface area contributed by atoms with Crippen LogP contribution in [0.3, 0.4) is 0 Å². The Morgan fingerprint density at radius 3 is 2.57 bits per heavy atom. The Balaban J connectivity index is 1.57. The monoisotopic (exact) mass is 390 g/mol. The molecule has 4 fully saturated rings. The summed E-state index contributed by atoms with van der Waals surface area (Å²) in [7, 11) is 0. The number of ether oxygens (including phenoxy) is 2. The highest BCUT2D eigenvalue weighted by molar-refractivity contribution is 5.87. The molecule has 6 nitrogen and oxygen atoms in total. The quantitative estimate of drug-likeness (QED) is 0.753. The molecule has 154 valence electrons. The van der Waals surface area contributed by atoms with Gasteiger partial charge >= 0.3 is 5.97 Å². The topological polar surface area (TPSA) is 74.2 Å². The molecule has 4 aliphatic rings. The van der Waals surface area contributed by atoms with E-state index < -0.39 is 23.6 Å². The predicted molar refractivity (Wildman–Crippen MR) is 101 cm³/mol. The van der Waals surface area contributed by atoms with Gasteiger partial charge in [-0.2, -0.15) is 4.89 Å². The summed E-state index contributed by atoms with van der Waals surface area (Å²) in [5.74, 6) is -1.40. The van der Waals surface area contributed by atoms with E-state index in [2.05, 4.69) is 20.8 Å². The maximum Gasteiger partial charge on any atom is 0.335 e. The van der Waals surface area contributed by atoms with Crippen molar-refractivity contribution < 1.29 is 29.1 Å². The normalized spacial score (nSPS) is 35.2. The maximum atomic E-state index is 11.0. The zero-order valence-corrected chi connectivity index (χ0v) is 16.9. The first-order chi connectivity index (χ1) is 13.3. The molecule has 3 heterocycles. The largest absolute Gasteiger partial charge is 0.478 e. The van der Waals surface area contributed by atoms with E-state index in [1.54, 1.807) is 24.3 Å². The van der Waals surface area contributed by atoms with Crippen LogP contribution in [0.1, 0.15) is 75.2 Å². The fourth-order valence-electron chi connectivity index (χ4n) is 4.76. The van der Waals surface area contributed by atoms with E-state index >= 15 is 0 Å². The molecular weight excluding hydrogens is 360 g/mol. The van der Waals surface area contributed by atoms with Crippen molar-refractivity contribution in [3.63, 3.8) is 0 Å². The second kappa shape index (κ2) is 7.10. The second-order valence-electron chi connectivity index (χ2n) is 9.37. The standard InChI is InChI=1S/C22H30O6/c1-20(2,3)22-13-11-17-6-4-5-12-21(17,27-28-22)19(26-22)25-14-15-7-9-16(10-8-15)18(23)24/h7-10,17,19H,4-6,11-14H2,1-3H3,(H,23,24)/t17?,19?,21-,22+/m0/s1. The van der Waals surface area contributed by atoms with E-state index in [-0.39, 0.29) is 11.0 Å². The number of carboxylic acids is 1. The lowest BCUT2D eigenvalue weighted by Crippen LogP contribution is -2.63. The van der Waals surface area contributed by atoms with Crippen LogP contribution in [0.5, 0.6) is 0 Å². The zero-order chi connectivity index (χ0) is 20.0. The highest BCUT2D eigenvalue weighted by atomic mass is 17.3. The summed E-state index contributed by atoms with van der Waals surface area (Å²) in [5, 5.41) is 9.06. The minimum atomic E-state index is -0.932. The number of fused-ring (bicyclic) bond motifs is 3. The van der Waals surface area contributed by atoms with Crippen LogP contribution in [0.25, 0.3) is 0 Å². The molecule has 6 heteroatoms. The Morgan fingerprint density at radius 1 is 1.14 bits per heavy atom. The minimum absolute atomic E-state index is 0.257. The van der Waals surface area contributed by atoms with Crippen molar-refractivity contribution in [1.29, 1.82) is 0 Å². The summed E-state index contributed by atoms with van der Waals surface area (Å²) < 4.78 is 12.8. The molecule has 0 radical (unpaired) electrons. The van der Waals surface area contributed by atoms with Crippen LogP contribution in [0.4, 0.5) is 0 Å². The predicted octanol–water partition coefficient (Wildman–Crippen LogP) is 4.67. The van der Waals surface area contributed by atoms with Gasteiger partial charge in [0.25, 0.3) is 0 Å². The molecular formula is C22H30O6. The van der Waals surface area contributed by atoms with Gasteiger partial charge in [-0.3, -0.25) is 0 Å². The number of hydrogen-bond acceptors (Lipinski definition) is 5. The second-order valence-corrected chi connectivity index (χ2v) is 9.37. The van der Waals surface area contributed by atoms with E-state index in [0.29, 0.717) is 12.5 Å². The minimum Gasteiger partial charge on any atom is -0.478 e. The Labute approximate surface area is 166 Å². The van der Waals surface area contributed by atoms with Gasteiger partial charge in [0.15, 0.2) is 11.9 Å². The fraction of sp³-hybridized carbons (Fsp3) is 0.682. The lowest BCUT2D eigenvalue weighted by atomic mass is 9.72. The highest BCUT2D eigenvalue weighted by Gasteiger charge is 2.64. The Bertz CT molecular complexity index is 720. The summed E-state index contributed by atoms with van der Waals surface area (Å²) in [4.78, 5) is 23.2. The molecule has 3 saturated heterocycles. The SMILES string of the molecule is CC(C)(C)[C@@]12CCC3CCCC[C@@]3(OO1)C(OCc1ccc(C(=O)O)cc1)O2. The van der Waals surface area contributed by atoms with E-state index in [4.69, 9.17) is 24.4 Å². The molecule has 5 rings (SSSR count). The number of carboxylic acid groups (broad SMARTS) is 1. The number of rotatable bonds is 4. The summed E-state index contributed by atoms with van der Waals surface area (Å²) >= 11 is 0. The first-order valence-corrected chi connectivity index (χ1v) is 10.2. The number of hydrogen-bond donors (Lipinski definition) is 1. The van der Waals surface area contributed by atoms with Crippen LogP contribution < -0.4 is 0 Å². The smallest absolute Gasteiger partial charge is 0.335 e. The first kappa shape index (κ1) is 19.8. The van der Waals surface area contributed by atoms with Crippen molar-refractivity contribution in [2.24, 2.45) is 11.3 Å². The summed E-state index contributed by atoms with van der Waals surface area (Å²) in [6, 6.07) is 6.76. The summed E-state index contributed by atoms with van der Waals surface area (Å²) in [5.41, 5.74) is 0.350. The van der Waals surface area contributed by atoms with Crippen molar-refractivity contribution in [2.45, 2.75) is 83.6 Å². The van der Waals surface area contributed by atoms with Crippen LogP contribution in [0.2, 0.25) is 0 Å². The van der Waals surface area contributed by atoms with E-state index in [0.717, 1.165) is 37.7 Å². The van der Waals surface area contributed by atoms with Gasteiger partial charge in [-0.1, -0.05) is 45.7 Å². The number of benzene rings is 1. The molecule has 4 atom stereocenters. The van der Waals surface area contributed by atoms with Gasteiger partial charge in [-0.15, -0.1) is 0 Å². The molecule has 1 aliphatic carbocycles. The van der Waals surface area contributed by atoms with Gasteiger partial charge in [0.1, 0.15) is 0 Å². The lowest BCUT2D eigenvalue weighted by molar-refractivity contribution is -0.569. The average Bonchev–Trinajstić information content (AvgIpc) is 2.93. The Morgan fingerprint density at radius 2 is 1.89 bits per heavy atom. The van der Waals surface area contributed by atoms with Crippen molar-refractivity contribution in [3.8, 4) is 0 Å². The van der Waals surface area contributed by atoms with Gasteiger partial charge in [0.2, 0.25) is 5.79 Å². The number of carbonyl (C=O) groups is 1. The third kappa shape index (κ3) is 3.26. The van der Waals surface area contributed by atoms with Gasteiger partial charge in [-0.05, 0) is 42.9 Å². The van der Waals surface area contributed by atoms with Crippen molar-refractivity contribution in [3.05, 3.63) is 35.4 Å². The average molecular weight is 390 g/mol. The van der Waals surface area contributed by atoms with E-state index in [1.165, 1.54) is 6.42 Å². The molecule has 2 bridgehead atoms. The van der Waals surface area contributed by atoms with Gasteiger partial charge < -0.3 is 14.6 Å². The molecule has 1 spiro atoms. The Hall–Kier alpha value is -1.47. The van der Waals surface area contributed by atoms with Crippen LogP contribution >= 0.6 is 0 Å². The van der Waals surface area contributed by atoms with E-state index in [1.807, 2.05) is 0 Å². The maximum absolute atomic E-state index is 11.0. The molecule has 0 aromatic heterocycles. The van der Waals surface area contributed by atoms with Crippen LogP contribution in [-0.2, 0) is 25.9 Å². The van der Waals surface area contributed by atoms with Gasteiger partial charge in [0.05, 0.1) is 12.2 Å². The van der Waals surface area contributed by atoms with Gasteiger partial charge in [0, 0.05) is 11.8 Å². The summed E-state index contributed by atoms with van der Waals surface area (Å²) in [6.45, 7) is 6.64. The third-order valence-corrected chi connectivity index (χ3v) is 6.66. The summed E-state index contributed by atoms with van der Waals surface area (Å²) in [6.07, 6.45) is 5.51. The van der Waals surface area contributed by atoms with Crippen LogP contribution in [0.15, 0.2) is 24.3 Å². The molecule has 0 amide bonds. The van der Waals surface area contributed by atoms with Crippen molar-refractivity contribution in [1.82, 2.24) is 0 Å². The molecule has 1 N–H and O–H groups in total. The molecule has 2 unspecified atom stereocenters. The molecule has 28 heavy (non-hydrogen) atoms.